The van der Waals surface area contributed by atoms with Crippen molar-refractivity contribution in [3.05, 3.63) is 78.6 Å². The Hall–Kier alpha value is -2.02. The Bertz CT molecular complexity index is 461. The van der Waals surface area contributed by atoms with Gasteiger partial charge in [-0.3, -0.25) is 0 Å². The molecular formula is C16H18O. The topological polar surface area (TPSA) is 9.23 Å². The Kier molecular flexibility index (Phi) is 4.53. The second-order valence-electron chi connectivity index (χ2n) is 4.04. The van der Waals surface area contributed by atoms with Gasteiger partial charge in [-0.1, -0.05) is 61.2 Å². The van der Waals surface area contributed by atoms with Crippen molar-refractivity contribution in [1.82, 2.24) is 0 Å². The number of ether oxygens (including phenoxy) is 1. The van der Waals surface area contributed by atoms with Gasteiger partial charge in [0.2, 0.25) is 0 Å². The third-order valence-corrected chi connectivity index (χ3v) is 2.18. The van der Waals surface area contributed by atoms with E-state index in [0.29, 0.717) is 11.5 Å². The molecule has 0 saturated heterocycles. The van der Waals surface area contributed by atoms with Crippen molar-refractivity contribution in [1.29, 1.82) is 0 Å². The predicted molar refractivity (Wildman–Crippen MR) is 74.4 cm³/mol. The molecule has 0 unspecified atom stereocenters. The minimum Gasteiger partial charge on any atom is -0.458 e. The molecule has 0 aliphatic heterocycles. The molecule has 0 saturated carbocycles. The summed E-state index contributed by atoms with van der Waals surface area (Å²) in [5.41, 5.74) is 3.12. The first kappa shape index (κ1) is 13.0. The van der Waals surface area contributed by atoms with Crippen LogP contribution in [0.15, 0.2) is 67.5 Å². The van der Waals surface area contributed by atoms with Gasteiger partial charge in [-0.15, -0.1) is 0 Å². The van der Waals surface area contributed by atoms with Gasteiger partial charge in [0.1, 0.15) is 11.5 Å². The summed E-state index contributed by atoms with van der Waals surface area (Å²) in [5.74, 6) is 1.15. The highest BCUT2D eigenvalue weighted by Gasteiger charge is 2.00. The maximum Gasteiger partial charge on any atom is 0.127 e. The minimum atomic E-state index is 0.554. The summed E-state index contributed by atoms with van der Waals surface area (Å²) in [7, 11) is 0. The zero-order valence-electron chi connectivity index (χ0n) is 10.5. The average Bonchev–Trinajstić information content (AvgIpc) is 2.27. The van der Waals surface area contributed by atoms with Crippen LogP contribution in [0.4, 0.5) is 0 Å². The van der Waals surface area contributed by atoms with Crippen molar-refractivity contribution in [3.8, 4) is 0 Å². The van der Waals surface area contributed by atoms with E-state index in [0.717, 1.165) is 11.1 Å². The van der Waals surface area contributed by atoms with Crippen molar-refractivity contribution < 1.29 is 4.74 Å². The van der Waals surface area contributed by atoms with E-state index in [1.165, 1.54) is 5.56 Å². The molecule has 0 spiro atoms. The highest BCUT2D eigenvalue weighted by Crippen LogP contribution is 2.17. The lowest BCUT2D eigenvalue weighted by atomic mass is 10.1. The van der Waals surface area contributed by atoms with Gasteiger partial charge >= 0.3 is 0 Å². The zero-order chi connectivity index (χ0) is 12.8. The summed E-state index contributed by atoms with van der Waals surface area (Å²) in [6, 6.07) is 8.01. The smallest absolute Gasteiger partial charge is 0.127 e. The minimum absolute atomic E-state index is 0.554. The second-order valence-corrected chi connectivity index (χ2v) is 4.04. The summed E-state index contributed by atoms with van der Waals surface area (Å²) in [4.78, 5) is 0. The van der Waals surface area contributed by atoms with Crippen LogP contribution in [0.3, 0.4) is 0 Å². The molecule has 88 valence electrons. The van der Waals surface area contributed by atoms with Crippen LogP contribution >= 0.6 is 0 Å². The molecule has 0 bridgehead atoms. The maximum atomic E-state index is 5.51. The zero-order valence-corrected chi connectivity index (χ0v) is 10.5. The van der Waals surface area contributed by atoms with Crippen LogP contribution in [0.2, 0.25) is 0 Å². The van der Waals surface area contributed by atoms with Gasteiger partial charge < -0.3 is 4.74 Å². The van der Waals surface area contributed by atoms with E-state index in [1.807, 2.05) is 44.2 Å². The summed E-state index contributed by atoms with van der Waals surface area (Å²) in [5, 5.41) is 0. The summed E-state index contributed by atoms with van der Waals surface area (Å²) in [6.07, 6.45) is 3.63. The van der Waals surface area contributed by atoms with Crippen molar-refractivity contribution >= 4 is 5.76 Å². The van der Waals surface area contributed by atoms with E-state index in [-0.39, 0.29) is 0 Å². The van der Waals surface area contributed by atoms with E-state index in [2.05, 4.69) is 19.7 Å². The molecule has 0 N–H and O–H groups in total. The normalized spacial score (nSPS) is 10.2. The van der Waals surface area contributed by atoms with Gasteiger partial charge in [-0.25, -0.2) is 0 Å². The van der Waals surface area contributed by atoms with E-state index in [1.54, 1.807) is 6.08 Å². The second kappa shape index (κ2) is 5.90. The molecular weight excluding hydrogens is 208 g/mol. The van der Waals surface area contributed by atoms with Crippen molar-refractivity contribution in [3.63, 3.8) is 0 Å². The fourth-order valence-electron chi connectivity index (χ4n) is 1.23. The molecule has 0 fully saturated rings. The van der Waals surface area contributed by atoms with Gasteiger partial charge in [-0.05, 0) is 19.9 Å². The quantitative estimate of drug-likeness (QED) is 0.525. The molecule has 17 heavy (non-hydrogen) atoms. The van der Waals surface area contributed by atoms with Gasteiger partial charge in [0, 0.05) is 5.56 Å². The summed E-state index contributed by atoms with van der Waals surface area (Å²) in [6.45, 7) is 15.4. The van der Waals surface area contributed by atoms with Crippen LogP contribution < -0.4 is 0 Å². The van der Waals surface area contributed by atoms with E-state index in [9.17, 15) is 0 Å². The first-order chi connectivity index (χ1) is 7.99. The van der Waals surface area contributed by atoms with Crippen molar-refractivity contribution in [2.75, 3.05) is 0 Å². The predicted octanol–water partition coefficient (Wildman–Crippen LogP) is 4.63. The molecule has 1 aromatic rings. The van der Waals surface area contributed by atoms with E-state index < -0.39 is 0 Å². The Morgan fingerprint density at radius 2 is 1.65 bits per heavy atom. The third kappa shape index (κ3) is 4.56. The molecule has 1 aromatic carbocycles. The average molecular weight is 226 g/mol. The Labute approximate surface area is 103 Å². The van der Waals surface area contributed by atoms with Gasteiger partial charge in [0.15, 0.2) is 0 Å². The van der Waals surface area contributed by atoms with E-state index in [4.69, 9.17) is 4.74 Å². The molecule has 0 aliphatic carbocycles. The lowest BCUT2D eigenvalue weighted by Gasteiger charge is -2.08. The maximum absolute atomic E-state index is 5.51. The van der Waals surface area contributed by atoms with Gasteiger partial charge in [0.25, 0.3) is 0 Å². The van der Waals surface area contributed by atoms with Crippen molar-refractivity contribution in [2.24, 2.45) is 0 Å². The monoisotopic (exact) mass is 226 g/mol. The van der Waals surface area contributed by atoms with Crippen LogP contribution in [0.1, 0.15) is 18.1 Å². The lowest BCUT2D eigenvalue weighted by Crippen LogP contribution is -1.89. The summed E-state index contributed by atoms with van der Waals surface area (Å²) >= 11 is 0. The van der Waals surface area contributed by atoms with Crippen LogP contribution in [-0.4, -0.2) is 0 Å². The number of rotatable bonds is 5. The highest BCUT2D eigenvalue weighted by atomic mass is 16.5. The molecule has 0 amide bonds. The molecule has 1 nitrogen and oxygen atoms in total. The van der Waals surface area contributed by atoms with Crippen LogP contribution in [0.25, 0.3) is 5.76 Å². The van der Waals surface area contributed by atoms with Gasteiger partial charge in [0.05, 0.1) is 0 Å². The Morgan fingerprint density at radius 3 is 2.18 bits per heavy atom. The largest absolute Gasteiger partial charge is 0.458 e. The number of hydrogen-bond acceptors (Lipinski definition) is 1. The third-order valence-electron chi connectivity index (χ3n) is 2.18. The Balaban J connectivity index is 2.63. The number of aryl methyl sites for hydroxylation is 1. The molecule has 1 rings (SSSR count). The molecule has 0 aromatic heterocycles. The molecule has 0 radical (unpaired) electrons. The van der Waals surface area contributed by atoms with Crippen molar-refractivity contribution in [2.45, 2.75) is 13.8 Å². The van der Waals surface area contributed by atoms with Crippen LogP contribution in [-0.2, 0) is 4.74 Å². The molecule has 0 atom stereocenters. The van der Waals surface area contributed by atoms with E-state index >= 15 is 0 Å². The molecule has 0 aliphatic rings. The Morgan fingerprint density at radius 1 is 1.06 bits per heavy atom. The molecule has 0 heterocycles. The first-order valence-corrected chi connectivity index (χ1v) is 5.45. The van der Waals surface area contributed by atoms with Crippen LogP contribution in [0, 0.1) is 6.92 Å². The standard InChI is InChI=1S/C16H18O/c1-12(2)6-9-14(4)17-15(5)16-10-7-13(3)8-11-16/h6-11H,1,4-5H2,2-3H3/b9-6-. The highest BCUT2D eigenvalue weighted by molar-refractivity contribution is 5.58. The number of hydrogen-bond donors (Lipinski definition) is 0. The molecule has 1 heteroatoms. The fourth-order valence-corrected chi connectivity index (χ4v) is 1.23. The number of benzene rings is 1. The lowest BCUT2D eigenvalue weighted by molar-refractivity contribution is 0.404. The summed E-state index contributed by atoms with van der Waals surface area (Å²) < 4.78 is 5.51. The first-order valence-electron chi connectivity index (χ1n) is 5.45. The fraction of sp³-hybridized carbons (Fsp3) is 0.125. The van der Waals surface area contributed by atoms with Gasteiger partial charge in [-0.2, -0.15) is 0 Å². The van der Waals surface area contributed by atoms with Crippen LogP contribution in [0.5, 0.6) is 0 Å². The SMILES string of the molecule is C=C(C)/C=C\C(=C)OC(=C)c1ccc(C)cc1. The number of allylic oxidation sites excluding steroid dienone is 3.